The SMILES string of the molecule is CO[C@H]1O[C@@H]2COS(=O)(=O)O[C@H]2[C@@H]2OC(C)(C)OC12. The summed E-state index contributed by atoms with van der Waals surface area (Å²) in [5.41, 5.74) is 0. The Labute approximate surface area is 111 Å². The van der Waals surface area contributed by atoms with Crippen LogP contribution in [-0.4, -0.2) is 58.6 Å². The largest absolute Gasteiger partial charge is 0.400 e. The maximum Gasteiger partial charge on any atom is 0.400 e. The van der Waals surface area contributed by atoms with E-state index in [1.807, 2.05) is 0 Å². The van der Waals surface area contributed by atoms with Crippen molar-refractivity contribution in [3.05, 3.63) is 0 Å². The second kappa shape index (κ2) is 4.35. The Morgan fingerprint density at radius 2 is 1.84 bits per heavy atom. The lowest BCUT2D eigenvalue weighted by Gasteiger charge is -2.42. The molecule has 19 heavy (non-hydrogen) atoms. The van der Waals surface area contributed by atoms with Crippen molar-refractivity contribution >= 4 is 10.4 Å². The molecule has 3 saturated heterocycles. The number of fused-ring (bicyclic) bond motifs is 3. The highest BCUT2D eigenvalue weighted by atomic mass is 32.3. The highest BCUT2D eigenvalue weighted by molar-refractivity contribution is 7.81. The van der Waals surface area contributed by atoms with Crippen LogP contribution in [0.4, 0.5) is 0 Å². The summed E-state index contributed by atoms with van der Waals surface area (Å²) in [6.45, 7) is 3.35. The quantitative estimate of drug-likeness (QED) is 0.642. The summed E-state index contributed by atoms with van der Waals surface area (Å²) < 4.78 is 54.5. The summed E-state index contributed by atoms with van der Waals surface area (Å²) in [7, 11) is -2.53. The van der Waals surface area contributed by atoms with E-state index in [0.29, 0.717) is 0 Å². The van der Waals surface area contributed by atoms with Gasteiger partial charge in [0, 0.05) is 7.11 Å². The monoisotopic (exact) mass is 296 g/mol. The van der Waals surface area contributed by atoms with Gasteiger partial charge in [-0.05, 0) is 13.8 Å². The predicted molar refractivity (Wildman–Crippen MR) is 59.2 cm³/mol. The summed E-state index contributed by atoms with van der Waals surface area (Å²) in [6.07, 6.45) is -3.16. The van der Waals surface area contributed by atoms with Gasteiger partial charge < -0.3 is 18.9 Å². The van der Waals surface area contributed by atoms with Gasteiger partial charge in [0.2, 0.25) is 0 Å². The zero-order valence-electron chi connectivity index (χ0n) is 10.8. The van der Waals surface area contributed by atoms with Crippen molar-refractivity contribution in [2.45, 2.75) is 50.3 Å². The number of hydrogen-bond donors (Lipinski definition) is 0. The average Bonchev–Trinajstić information content (AvgIpc) is 2.63. The molecule has 3 rings (SSSR count). The molecule has 3 aliphatic heterocycles. The van der Waals surface area contributed by atoms with Crippen LogP contribution in [0.2, 0.25) is 0 Å². The van der Waals surface area contributed by atoms with E-state index in [1.165, 1.54) is 7.11 Å². The molecule has 3 fully saturated rings. The van der Waals surface area contributed by atoms with Crippen LogP contribution in [0.3, 0.4) is 0 Å². The molecule has 1 unspecified atom stereocenters. The zero-order chi connectivity index (χ0) is 13.8. The first-order valence-electron chi connectivity index (χ1n) is 5.93. The lowest BCUT2D eigenvalue weighted by molar-refractivity contribution is -0.273. The standard InChI is InChI=1S/C10H16O8S/c1-10(2)16-7-6-5(4-14-19(11,12)18-6)15-9(13-3)8(7)17-10/h5-9H,4H2,1-3H3/t5-,6-,7+,8?,9+/m1/s1. The molecule has 9 heteroatoms. The van der Waals surface area contributed by atoms with Crippen LogP contribution in [0.1, 0.15) is 13.8 Å². The third-order valence-corrected chi connectivity index (χ3v) is 4.15. The summed E-state index contributed by atoms with van der Waals surface area (Å²) in [6, 6.07) is 0. The van der Waals surface area contributed by atoms with Gasteiger partial charge >= 0.3 is 10.4 Å². The Kier molecular flexibility index (Phi) is 3.13. The topological polar surface area (TPSA) is 89.5 Å². The molecule has 3 aliphatic rings. The summed E-state index contributed by atoms with van der Waals surface area (Å²) in [5, 5.41) is 0. The highest BCUT2D eigenvalue weighted by Gasteiger charge is 2.58. The van der Waals surface area contributed by atoms with E-state index in [1.54, 1.807) is 13.8 Å². The summed E-state index contributed by atoms with van der Waals surface area (Å²) in [5.74, 6) is -0.851. The Morgan fingerprint density at radius 3 is 2.53 bits per heavy atom. The van der Waals surface area contributed by atoms with Gasteiger partial charge in [0.15, 0.2) is 12.1 Å². The van der Waals surface area contributed by atoms with E-state index in [0.717, 1.165) is 0 Å². The van der Waals surface area contributed by atoms with Gasteiger partial charge in [-0.2, -0.15) is 8.42 Å². The predicted octanol–water partition coefficient (Wildman–Crippen LogP) is -0.462. The third-order valence-electron chi connectivity index (χ3n) is 3.27. The van der Waals surface area contributed by atoms with Gasteiger partial charge in [0.1, 0.15) is 24.4 Å². The molecule has 0 aliphatic carbocycles. The maximum absolute atomic E-state index is 11.4. The van der Waals surface area contributed by atoms with Crippen LogP contribution in [-0.2, 0) is 37.7 Å². The van der Waals surface area contributed by atoms with Crippen molar-refractivity contribution in [2.75, 3.05) is 13.7 Å². The molecule has 0 N–H and O–H groups in total. The molecule has 0 aromatic rings. The van der Waals surface area contributed by atoms with Crippen molar-refractivity contribution in [3.8, 4) is 0 Å². The highest BCUT2D eigenvalue weighted by Crippen LogP contribution is 2.40. The van der Waals surface area contributed by atoms with Crippen LogP contribution >= 0.6 is 0 Å². The smallest absolute Gasteiger partial charge is 0.353 e. The minimum atomic E-state index is -4.01. The van der Waals surface area contributed by atoms with Gasteiger partial charge in [-0.25, -0.2) is 8.37 Å². The van der Waals surface area contributed by atoms with E-state index in [-0.39, 0.29) is 6.61 Å². The normalized spacial score (nSPS) is 47.4. The molecule has 110 valence electrons. The number of methoxy groups -OCH3 is 1. The van der Waals surface area contributed by atoms with Crippen LogP contribution in [0.25, 0.3) is 0 Å². The molecule has 0 radical (unpaired) electrons. The fourth-order valence-corrected chi connectivity index (χ4v) is 3.44. The fraction of sp³-hybridized carbons (Fsp3) is 1.00. The number of ether oxygens (including phenoxy) is 4. The molecule has 0 spiro atoms. The minimum absolute atomic E-state index is 0.125. The van der Waals surface area contributed by atoms with Crippen molar-refractivity contribution in [3.63, 3.8) is 0 Å². The molecule has 0 aromatic carbocycles. The summed E-state index contributed by atoms with van der Waals surface area (Å²) >= 11 is 0. The summed E-state index contributed by atoms with van der Waals surface area (Å²) in [4.78, 5) is 0. The second-order valence-electron chi connectivity index (χ2n) is 5.10. The Bertz CT molecular complexity index is 460. The van der Waals surface area contributed by atoms with E-state index in [9.17, 15) is 8.42 Å². The lowest BCUT2D eigenvalue weighted by Crippen LogP contribution is -2.61. The van der Waals surface area contributed by atoms with E-state index in [2.05, 4.69) is 4.18 Å². The first-order valence-corrected chi connectivity index (χ1v) is 7.26. The van der Waals surface area contributed by atoms with Gasteiger partial charge in [-0.3, -0.25) is 0 Å². The van der Waals surface area contributed by atoms with E-state index in [4.69, 9.17) is 23.1 Å². The van der Waals surface area contributed by atoms with Gasteiger partial charge in [-0.15, -0.1) is 0 Å². The lowest BCUT2D eigenvalue weighted by atomic mass is 9.99. The third kappa shape index (κ3) is 2.40. The molecule has 5 atom stereocenters. The Hall–Kier alpha value is -0.290. The first-order chi connectivity index (χ1) is 8.81. The Balaban J connectivity index is 1.89. The van der Waals surface area contributed by atoms with Gasteiger partial charge in [0.25, 0.3) is 0 Å². The van der Waals surface area contributed by atoms with Crippen molar-refractivity contribution in [1.82, 2.24) is 0 Å². The maximum atomic E-state index is 11.4. The Morgan fingerprint density at radius 1 is 1.16 bits per heavy atom. The van der Waals surface area contributed by atoms with Crippen molar-refractivity contribution < 1.29 is 35.7 Å². The second-order valence-corrected chi connectivity index (χ2v) is 6.34. The first kappa shape index (κ1) is 13.7. The molecule has 0 saturated carbocycles. The van der Waals surface area contributed by atoms with Crippen LogP contribution in [0.15, 0.2) is 0 Å². The van der Waals surface area contributed by atoms with E-state index >= 15 is 0 Å². The molecule has 0 aromatic heterocycles. The fourth-order valence-electron chi connectivity index (χ4n) is 2.58. The van der Waals surface area contributed by atoms with E-state index < -0.39 is 46.9 Å². The van der Waals surface area contributed by atoms with Crippen LogP contribution < -0.4 is 0 Å². The molecule has 0 bridgehead atoms. The molecule has 8 nitrogen and oxygen atoms in total. The van der Waals surface area contributed by atoms with Gasteiger partial charge in [0.05, 0.1) is 6.61 Å². The molecular formula is C10H16O8S. The van der Waals surface area contributed by atoms with Crippen LogP contribution in [0, 0.1) is 0 Å². The molecule has 0 amide bonds. The average molecular weight is 296 g/mol. The molecular weight excluding hydrogens is 280 g/mol. The number of hydrogen-bond acceptors (Lipinski definition) is 8. The van der Waals surface area contributed by atoms with Crippen molar-refractivity contribution in [1.29, 1.82) is 0 Å². The molecule has 3 heterocycles. The van der Waals surface area contributed by atoms with Gasteiger partial charge in [-0.1, -0.05) is 0 Å². The zero-order valence-corrected chi connectivity index (χ0v) is 11.6. The number of rotatable bonds is 1. The minimum Gasteiger partial charge on any atom is -0.353 e. The van der Waals surface area contributed by atoms with Crippen molar-refractivity contribution in [2.24, 2.45) is 0 Å². The van der Waals surface area contributed by atoms with Crippen LogP contribution in [0.5, 0.6) is 0 Å².